The molecule has 0 aromatic carbocycles. The third-order valence-electron chi connectivity index (χ3n) is 2.80. The minimum absolute atomic E-state index is 0.177. The molecule has 0 bridgehead atoms. The number of hydrogen-bond donors (Lipinski definition) is 1. The number of hydrogen-bond acceptors (Lipinski definition) is 4. The maximum Gasteiger partial charge on any atom is 0.427 e. The maximum absolute atomic E-state index is 12.0. The molecular formula is C11H17N3O3S. The van der Waals surface area contributed by atoms with Gasteiger partial charge in [0.25, 0.3) is 5.91 Å². The van der Waals surface area contributed by atoms with E-state index < -0.39 is 11.7 Å². The summed E-state index contributed by atoms with van der Waals surface area (Å²) < 4.78 is 5.10. The number of thiocarbonyl (C=S) groups is 1. The number of ether oxygens (including phenoxy) is 1. The Morgan fingerprint density at radius 3 is 2.72 bits per heavy atom. The molecule has 2 aliphatic rings. The zero-order valence-electron chi connectivity index (χ0n) is 10.7. The molecule has 100 valence electrons. The van der Waals surface area contributed by atoms with Crippen LogP contribution in [0, 0.1) is 0 Å². The van der Waals surface area contributed by atoms with Gasteiger partial charge in [0.1, 0.15) is 11.6 Å². The molecule has 2 amide bonds. The standard InChI is InChI=1S/C11H17N3O3S/c1-11(2,3)17-9(16)12-14-8(15)7-5-4-6-13(7)10(14)18/h7H,4-6H2,1-3H3,(H,12,16). The molecule has 0 aromatic heterocycles. The average Bonchev–Trinajstić information content (AvgIpc) is 2.76. The zero-order chi connectivity index (χ0) is 13.5. The molecule has 0 spiro atoms. The number of amides is 2. The minimum Gasteiger partial charge on any atom is -0.443 e. The number of rotatable bonds is 1. The van der Waals surface area contributed by atoms with E-state index in [1.165, 1.54) is 0 Å². The number of hydrazine groups is 1. The van der Waals surface area contributed by atoms with Crippen LogP contribution in [0.1, 0.15) is 33.6 Å². The third kappa shape index (κ3) is 2.40. The van der Waals surface area contributed by atoms with Crippen LogP contribution in [-0.4, -0.2) is 45.2 Å². The maximum atomic E-state index is 12.0. The largest absolute Gasteiger partial charge is 0.443 e. The van der Waals surface area contributed by atoms with Crippen LogP contribution in [0.3, 0.4) is 0 Å². The Morgan fingerprint density at radius 2 is 2.17 bits per heavy atom. The molecule has 7 heteroatoms. The predicted octanol–water partition coefficient (Wildman–Crippen LogP) is 1.02. The Labute approximate surface area is 111 Å². The fourth-order valence-corrected chi connectivity index (χ4v) is 2.47. The van der Waals surface area contributed by atoms with Gasteiger partial charge in [0, 0.05) is 6.54 Å². The first-order valence-electron chi connectivity index (χ1n) is 5.94. The summed E-state index contributed by atoms with van der Waals surface area (Å²) >= 11 is 5.18. The van der Waals surface area contributed by atoms with Gasteiger partial charge in [-0.25, -0.2) is 10.2 Å². The first-order valence-corrected chi connectivity index (χ1v) is 6.34. The molecule has 1 unspecified atom stereocenters. The highest BCUT2D eigenvalue weighted by atomic mass is 32.1. The highest BCUT2D eigenvalue weighted by molar-refractivity contribution is 7.80. The monoisotopic (exact) mass is 271 g/mol. The molecule has 0 aliphatic carbocycles. The van der Waals surface area contributed by atoms with Gasteiger partial charge in [-0.05, 0) is 45.8 Å². The van der Waals surface area contributed by atoms with Gasteiger partial charge >= 0.3 is 6.09 Å². The van der Waals surface area contributed by atoms with Gasteiger partial charge in [-0.3, -0.25) is 4.79 Å². The second-order valence-electron chi connectivity index (χ2n) is 5.42. The average molecular weight is 271 g/mol. The van der Waals surface area contributed by atoms with Crippen molar-refractivity contribution >= 4 is 29.3 Å². The van der Waals surface area contributed by atoms with Crippen molar-refractivity contribution in [2.45, 2.75) is 45.3 Å². The lowest BCUT2D eigenvalue weighted by Gasteiger charge is -2.23. The molecule has 0 saturated carbocycles. The Balaban J connectivity index is 2.00. The molecule has 0 radical (unpaired) electrons. The van der Waals surface area contributed by atoms with Crippen molar-refractivity contribution in [2.75, 3.05) is 6.54 Å². The van der Waals surface area contributed by atoms with E-state index in [1.54, 1.807) is 20.8 Å². The van der Waals surface area contributed by atoms with Crippen molar-refractivity contribution < 1.29 is 14.3 Å². The molecule has 2 aliphatic heterocycles. The molecule has 1 N–H and O–H groups in total. The Hall–Kier alpha value is -1.37. The minimum atomic E-state index is -0.667. The van der Waals surface area contributed by atoms with Gasteiger partial charge in [-0.15, -0.1) is 0 Å². The molecule has 1 atom stereocenters. The lowest BCUT2D eigenvalue weighted by molar-refractivity contribution is -0.129. The second kappa shape index (κ2) is 4.38. The SMILES string of the molecule is CC(C)(C)OC(=O)NN1C(=O)C2CCCN2C1=S. The zero-order valence-corrected chi connectivity index (χ0v) is 11.5. The number of carbonyl (C=O) groups is 2. The molecule has 0 aromatic rings. The Morgan fingerprint density at radius 1 is 1.50 bits per heavy atom. The van der Waals surface area contributed by atoms with Crippen molar-refractivity contribution in [3.05, 3.63) is 0 Å². The van der Waals surface area contributed by atoms with Crippen molar-refractivity contribution in [2.24, 2.45) is 0 Å². The van der Waals surface area contributed by atoms with Gasteiger partial charge in [0.15, 0.2) is 5.11 Å². The number of nitrogens with zero attached hydrogens (tertiary/aromatic N) is 2. The molecule has 18 heavy (non-hydrogen) atoms. The van der Waals surface area contributed by atoms with E-state index >= 15 is 0 Å². The van der Waals surface area contributed by atoms with Crippen LogP contribution in [0.25, 0.3) is 0 Å². The number of carbonyl (C=O) groups excluding carboxylic acids is 2. The third-order valence-corrected chi connectivity index (χ3v) is 3.21. The van der Waals surface area contributed by atoms with Crippen LogP contribution in [0.2, 0.25) is 0 Å². The summed E-state index contributed by atoms with van der Waals surface area (Å²) in [7, 11) is 0. The van der Waals surface area contributed by atoms with E-state index in [2.05, 4.69) is 5.43 Å². The molecule has 2 saturated heterocycles. The molecule has 6 nitrogen and oxygen atoms in total. The summed E-state index contributed by atoms with van der Waals surface area (Å²) in [5, 5.41) is 1.47. The van der Waals surface area contributed by atoms with Gasteiger partial charge in [0.05, 0.1) is 0 Å². The Bertz CT molecular complexity index is 383. The van der Waals surface area contributed by atoms with Gasteiger partial charge in [-0.1, -0.05) is 0 Å². The molecular weight excluding hydrogens is 254 g/mol. The summed E-state index contributed by atoms with van der Waals surface area (Å²) in [4.78, 5) is 25.5. The highest BCUT2D eigenvalue weighted by Crippen LogP contribution is 2.26. The van der Waals surface area contributed by atoms with Gasteiger partial charge in [-0.2, -0.15) is 5.01 Å². The normalized spacial score (nSPS) is 23.4. The number of nitrogens with one attached hydrogen (secondary N) is 1. The van der Waals surface area contributed by atoms with Crippen LogP contribution >= 0.6 is 12.2 Å². The molecule has 2 heterocycles. The van der Waals surface area contributed by atoms with E-state index in [4.69, 9.17) is 17.0 Å². The Kier molecular flexibility index (Phi) is 3.18. The number of fused-ring (bicyclic) bond motifs is 1. The van der Waals surface area contributed by atoms with Crippen molar-refractivity contribution in [3.8, 4) is 0 Å². The first-order chi connectivity index (χ1) is 8.29. The highest BCUT2D eigenvalue weighted by Gasteiger charge is 2.46. The van der Waals surface area contributed by atoms with Gasteiger partial charge in [0.2, 0.25) is 0 Å². The van der Waals surface area contributed by atoms with E-state index in [0.717, 1.165) is 24.4 Å². The summed E-state index contributed by atoms with van der Waals surface area (Å²) in [6.07, 6.45) is 1.07. The second-order valence-corrected chi connectivity index (χ2v) is 5.79. The summed E-state index contributed by atoms with van der Waals surface area (Å²) in [6.45, 7) is 6.04. The smallest absolute Gasteiger partial charge is 0.427 e. The summed E-state index contributed by atoms with van der Waals surface area (Å²) in [6, 6.07) is -0.215. The van der Waals surface area contributed by atoms with Crippen molar-refractivity contribution in [1.29, 1.82) is 0 Å². The van der Waals surface area contributed by atoms with Crippen LogP contribution in [0.5, 0.6) is 0 Å². The first kappa shape index (κ1) is 13.1. The summed E-state index contributed by atoms with van der Waals surface area (Å²) in [5.41, 5.74) is 1.80. The van der Waals surface area contributed by atoms with E-state index in [1.807, 2.05) is 4.90 Å². The fraction of sp³-hybridized carbons (Fsp3) is 0.727. The fourth-order valence-electron chi connectivity index (χ4n) is 2.12. The van der Waals surface area contributed by atoms with Crippen LogP contribution in [-0.2, 0) is 9.53 Å². The predicted molar refractivity (Wildman–Crippen MR) is 68.5 cm³/mol. The molecule has 2 fully saturated rings. The van der Waals surface area contributed by atoms with E-state index in [9.17, 15) is 9.59 Å². The lowest BCUT2D eigenvalue weighted by atomic mass is 10.2. The van der Waals surface area contributed by atoms with Crippen LogP contribution in [0.4, 0.5) is 4.79 Å². The topological polar surface area (TPSA) is 61.9 Å². The molecule has 2 rings (SSSR count). The van der Waals surface area contributed by atoms with Gasteiger partial charge < -0.3 is 9.64 Å². The van der Waals surface area contributed by atoms with E-state index in [-0.39, 0.29) is 11.9 Å². The van der Waals surface area contributed by atoms with Crippen LogP contribution < -0.4 is 5.43 Å². The lowest BCUT2D eigenvalue weighted by Crippen LogP contribution is -2.48. The van der Waals surface area contributed by atoms with Crippen molar-refractivity contribution in [1.82, 2.24) is 15.3 Å². The van der Waals surface area contributed by atoms with E-state index in [0.29, 0.717) is 5.11 Å². The summed E-state index contributed by atoms with van der Waals surface area (Å²) in [5.74, 6) is -0.177. The van der Waals surface area contributed by atoms with Crippen molar-refractivity contribution in [3.63, 3.8) is 0 Å². The quantitative estimate of drug-likeness (QED) is 0.721. The van der Waals surface area contributed by atoms with Crippen LogP contribution in [0.15, 0.2) is 0 Å².